The maximum absolute atomic E-state index is 11.2. The third-order valence-corrected chi connectivity index (χ3v) is 2.49. The standard InChI is InChI=1S/C7H18N2OP2/c1-2-3-8-7(10)4-9(5-11)6-12/h2-6,11-12H2,1H3,(H,8,10). The van der Waals surface area contributed by atoms with Crippen molar-refractivity contribution in [2.45, 2.75) is 13.3 Å². The van der Waals surface area contributed by atoms with Gasteiger partial charge in [0.1, 0.15) is 0 Å². The highest BCUT2D eigenvalue weighted by Crippen LogP contribution is 1.96. The number of nitrogens with one attached hydrogen (secondary N) is 1. The van der Waals surface area contributed by atoms with Gasteiger partial charge in [0.15, 0.2) is 0 Å². The molecule has 0 radical (unpaired) electrons. The molecule has 2 unspecified atom stereocenters. The van der Waals surface area contributed by atoms with E-state index < -0.39 is 0 Å². The van der Waals surface area contributed by atoms with Crippen LogP contribution in [0.1, 0.15) is 13.3 Å². The predicted octanol–water partition coefficient (Wildman–Crippen LogP) is 0.480. The van der Waals surface area contributed by atoms with E-state index in [0.29, 0.717) is 6.54 Å². The van der Waals surface area contributed by atoms with E-state index in [-0.39, 0.29) is 5.91 Å². The number of amides is 1. The van der Waals surface area contributed by atoms with E-state index in [4.69, 9.17) is 0 Å². The van der Waals surface area contributed by atoms with Gasteiger partial charge in [0.05, 0.1) is 6.54 Å². The van der Waals surface area contributed by atoms with Crippen LogP contribution in [0.5, 0.6) is 0 Å². The topological polar surface area (TPSA) is 32.3 Å². The van der Waals surface area contributed by atoms with Gasteiger partial charge in [0.2, 0.25) is 5.91 Å². The van der Waals surface area contributed by atoms with Crippen molar-refractivity contribution < 1.29 is 4.79 Å². The summed E-state index contributed by atoms with van der Waals surface area (Å²) in [4.78, 5) is 13.2. The predicted molar refractivity (Wildman–Crippen MR) is 59.2 cm³/mol. The quantitative estimate of drug-likeness (QED) is 0.644. The molecular formula is C7H18N2OP2. The third-order valence-electron chi connectivity index (χ3n) is 1.46. The van der Waals surface area contributed by atoms with Crippen LogP contribution in [0.4, 0.5) is 0 Å². The van der Waals surface area contributed by atoms with Crippen LogP contribution in [0.15, 0.2) is 0 Å². The lowest BCUT2D eigenvalue weighted by atomic mass is 10.4. The molecule has 0 aromatic carbocycles. The van der Waals surface area contributed by atoms with Crippen LogP contribution in [-0.2, 0) is 4.79 Å². The molecule has 0 aliphatic rings. The molecule has 2 atom stereocenters. The van der Waals surface area contributed by atoms with Crippen LogP contribution in [0.25, 0.3) is 0 Å². The van der Waals surface area contributed by atoms with Crippen molar-refractivity contribution in [1.29, 1.82) is 0 Å². The fraction of sp³-hybridized carbons (Fsp3) is 0.857. The summed E-state index contributed by atoms with van der Waals surface area (Å²) in [6.07, 6.45) is 2.67. The molecule has 72 valence electrons. The number of carbonyl (C=O) groups excluding carboxylic acids is 1. The first kappa shape index (κ1) is 12.3. The molecule has 1 N–H and O–H groups in total. The Kier molecular flexibility index (Phi) is 8.11. The maximum Gasteiger partial charge on any atom is 0.234 e. The van der Waals surface area contributed by atoms with Crippen molar-refractivity contribution in [3.63, 3.8) is 0 Å². The summed E-state index contributed by atoms with van der Waals surface area (Å²) in [6.45, 7) is 3.32. The van der Waals surface area contributed by atoms with E-state index in [1.54, 1.807) is 0 Å². The number of carbonyl (C=O) groups is 1. The molecule has 3 nitrogen and oxygen atoms in total. The monoisotopic (exact) mass is 208 g/mol. The summed E-state index contributed by atoms with van der Waals surface area (Å²) >= 11 is 0. The summed E-state index contributed by atoms with van der Waals surface area (Å²) < 4.78 is 0. The van der Waals surface area contributed by atoms with E-state index in [0.717, 1.165) is 25.5 Å². The average molecular weight is 208 g/mol. The molecule has 0 saturated carbocycles. The highest BCUT2D eigenvalue weighted by Gasteiger charge is 2.05. The van der Waals surface area contributed by atoms with Crippen LogP contribution in [0.3, 0.4) is 0 Å². The molecule has 12 heavy (non-hydrogen) atoms. The Morgan fingerprint density at radius 2 is 2.00 bits per heavy atom. The molecule has 0 bridgehead atoms. The van der Waals surface area contributed by atoms with Crippen molar-refractivity contribution in [1.82, 2.24) is 10.2 Å². The Morgan fingerprint density at radius 3 is 2.42 bits per heavy atom. The van der Waals surface area contributed by atoms with Crippen molar-refractivity contribution in [3.05, 3.63) is 0 Å². The summed E-state index contributed by atoms with van der Waals surface area (Å²) in [7, 11) is 5.22. The molecule has 1 amide bonds. The molecule has 5 heteroatoms. The molecule has 0 rings (SSSR count). The molecule has 0 spiro atoms. The summed E-state index contributed by atoms with van der Waals surface area (Å²) in [5.74, 6) is 0.113. The van der Waals surface area contributed by atoms with Crippen molar-refractivity contribution >= 4 is 24.4 Å². The van der Waals surface area contributed by atoms with Gasteiger partial charge in [-0.05, 0) is 6.42 Å². The van der Waals surface area contributed by atoms with Crippen LogP contribution < -0.4 is 5.32 Å². The first-order chi connectivity index (χ1) is 5.74. The maximum atomic E-state index is 11.2. The largest absolute Gasteiger partial charge is 0.355 e. The molecule has 0 fully saturated rings. The first-order valence-electron chi connectivity index (χ1n) is 4.13. The van der Waals surface area contributed by atoms with Crippen molar-refractivity contribution in [2.24, 2.45) is 0 Å². The second-order valence-corrected chi connectivity index (χ2v) is 3.27. The van der Waals surface area contributed by atoms with Crippen LogP contribution in [-0.4, -0.2) is 36.5 Å². The smallest absolute Gasteiger partial charge is 0.234 e. The van der Waals surface area contributed by atoms with Crippen LogP contribution in [0.2, 0.25) is 0 Å². The van der Waals surface area contributed by atoms with Gasteiger partial charge in [-0.2, -0.15) is 0 Å². The third kappa shape index (κ3) is 5.88. The SMILES string of the molecule is CCCNC(=O)CN(CP)CP. The Bertz CT molecular complexity index is 129. The van der Waals surface area contributed by atoms with E-state index in [1.807, 2.05) is 11.8 Å². The van der Waals surface area contributed by atoms with E-state index in [1.165, 1.54) is 0 Å². The molecular weight excluding hydrogens is 190 g/mol. The molecule has 0 aromatic heterocycles. The molecule has 0 heterocycles. The Labute approximate surface area is 79.1 Å². The molecule has 0 aliphatic carbocycles. The highest BCUT2D eigenvalue weighted by molar-refractivity contribution is 7.17. The van der Waals surface area contributed by atoms with Crippen LogP contribution in [0, 0.1) is 0 Å². The lowest BCUT2D eigenvalue weighted by Gasteiger charge is -2.16. The van der Waals surface area contributed by atoms with Crippen molar-refractivity contribution in [2.75, 3.05) is 25.7 Å². The summed E-state index contributed by atoms with van der Waals surface area (Å²) in [6, 6.07) is 0. The minimum atomic E-state index is 0.113. The minimum absolute atomic E-state index is 0.113. The van der Waals surface area contributed by atoms with Gasteiger partial charge in [-0.1, -0.05) is 6.92 Å². The number of nitrogens with zero attached hydrogens (tertiary/aromatic N) is 1. The fourth-order valence-electron chi connectivity index (χ4n) is 0.727. The van der Waals surface area contributed by atoms with Crippen molar-refractivity contribution in [3.8, 4) is 0 Å². The van der Waals surface area contributed by atoms with Crippen LogP contribution >= 0.6 is 18.5 Å². The average Bonchev–Trinajstić information content (AvgIpc) is 2.10. The summed E-state index contributed by atoms with van der Waals surface area (Å²) in [5, 5.41) is 2.83. The Morgan fingerprint density at radius 1 is 1.42 bits per heavy atom. The lowest BCUT2D eigenvalue weighted by Crippen LogP contribution is -2.36. The number of hydrogen-bond acceptors (Lipinski definition) is 2. The lowest BCUT2D eigenvalue weighted by molar-refractivity contribution is -0.121. The zero-order valence-corrected chi connectivity index (χ0v) is 9.86. The first-order valence-corrected chi connectivity index (χ1v) is 5.77. The second kappa shape index (κ2) is 7.91. The van der Waals surface area contributed by atoms with Gasteiger partial charge in [0, 0.05) is 19.1 Å². The molecule has 0 aromatic rings. The van der Waals surface area contributed by atoms with Gasteiger partial charge in [-0.15, -0.1) is 18.5 Å². The second-order valence-electron chi connectivity index (χ2n) is 2.54. The minimum Gasteiger partial charge on any atom is -0.355 e. The Hall–Kier alpha value is 0.290. The van der Waals surface area contributed by atoms with Gasteiger partial charge >= 0.3 is 0 Å². The van der Waals surface area contributed by atoms with E-state index in [9.17, 15) is 4.79 Å². The zero-order chi connectivity index (χ0) is 9.40. The Balaban J connectivity index is 3.52. The fourth-order valence-corrected chi connectivity index (χ4v) is 1.58. The van der Waals surface area contributed by atoms with Gasteiger partial charge in [-0.3, -0.25) is 9.69 Å². The van der Waals surface area contributed by atoms with Gasteiger partial charge in [0.25, 0.3) is 0 Å². The van der Waals surface area contributed by atoms with Gasteiger partial charge < -0.3 is 5.32 Å². The molecule has 0 aliphatic heterocycles. The summed E-state index contributed by atoms with van der Waals surface area (Å²) in [5.41, 5.74) is 0. The van der Waals surface area contributed by atoms with E-state index in [2.05, 4.69) is 23.8 Å². The number of rotatable bonds is 6. The molecule has 0 saturated heterocycles. The highest BCUT2D eigenvalue weighted by atomic mass is 31.0. The van der Waals surface area contributed by atoms with E-state index >= 15 is 0 Å². The normalized spacial score (nSPS) is 10.3. The van der Waals surface area contributed by atoms with Gasteiger partial charge in [-0.25, -0.2) is 0 Å². The number of hydrogen-bond donors (Lipinski definition) is 1. The zero-order valence-electron chi connectivity index (χ0n) is 7.55.